The number of aromatic nitrogens is 1. The third-order valence-electron chi connectivity index (χ3n) is 1.30. The molecule has 0 radical (unpaired) electrons. The van der Waals surface area contributed by atoms with Crippen LogP contribution in [0.2, 0.25) is 0 Å². The van der Waals surface area contributed by atoms with E-state index in [1.165, 1.54) is 13.0 Å². The van der Waals surface area contributed by atoms with E-state index in [1.54, 1.807) is 0 Å². The third-order valence-corrected chi connectivity index (χ3v) is 1.99. The lowest BCUT2D eigenvalue weighted by atomic mass is 10.2. The number of hydrogen-bond donors (Lipinski definition) is 0. The average Bonchev–Trinajstić information content (AvgIpc) is 1.94. The van der Waals surface area contributed by atoms with Crippen molar-refractivity contribution in [1.82, 2.24) is 4.98 Å². The molecule has 0 atom stereocenters. The fraction of sp³-hybridized carbons (Fsp3) is 0.250. The summed E-state index contributed by atoms with van der Waals surface area (Å²) in [6.07, 6.45) is 1.34. The van der Waals surface area contributed by atoms with Crippen LogP contribution in [0.15, 0.2) is 16.7 Å². The zero-order valence-corrected chi connectivity index (χ0v) is 8.06. The van der Waals surface area contributed by atoms with Crippen molar-refractivity contribution >= 4 is 21.7 Å². The molecule has 2 nitrogen and oxygen atoms in total. The molecule has 0 N–H and O–H groups in total. The van der Waals surface area contributed by atoms with Gasteiger partial charge in [-0.15, -0.1) is 0 Å². The third kappa shape index (κ3) is 2.37. The Morgan fingerprint density at radius 3 is 2.92 bits per heavy atom. The Kier molecular flexibility index (Phi) is 2.92. The van der Waals surface area contributed by atoms with Crippen LogP contribution in [0.4, 0.5) is 4.39 Å². The van der Waals surface area contributed by atoms with Gasteiger partial charge in [-0.2, -0.15) is 0 Å². The lowest BCUT2D eigenvalue weighted by Gasteiger charge is -1.99. The molecule has 64 valence electrons. The van der Waals surface area contributed by atoms with E-state index in [-0.39, 0.29) is 12.2 Å². The molecule has 0 saturated heterocycles. The molecule has 4 heteroatoms. The minimum absolute atomic E-state index is 0.00908. The quantitative estimate of drug-likeness (QED) is 0.781. The van der Waals surface area contributed by atoms with Gasteiger partial charge in [0, 0.05) is 10.9 Å². The van der Waals surface area contributed by atoms with Gasteiger partial charge in [-0.25, -0.2) is 4.39 Å². The summed E-state index contributed by atoms with van der Waals surface area (Å²) >= 11 is 3.12. The highest BCUT2D eigenvalue weighted by Crippen LogP contribution is 2.15. The Morgan fingerprint density at radius 1 is 1.75 bits per heavy atom. The maximum Gasteiger partial charge on any atom is 0.142 e. The highest BCUT2D eigenvalue weighted by molar-refractivity contribution is 9.10. The normalized spacial score (nSPS) is 9.92. The van der Waals surface area contributed by atoms with E-state index < -0.39 is 5.82 Å². The molecule has 0 bridgehead atoms. The predicted molar refractivity (Wildman–Crippen MR) is 46.3 cm³/mol. The predicted octanol–water partition coefficient (Wildman–Crippen LogP) is 2.11. The first-order valence-electron chi connectivity index (χ1n) is 3.39. The van der Waals surface area contributed by atoms with Crippen molar-refractivity contribution in [3.05, 3.63) is 28.2 Å². The van der Waals surface area contributed by atoms with Gasteiger partial charge in [0.05, 0.1) is 11.9 Å². The minimum atomic E-state index is -0.408. The number of halogens is 2. The average molecular weight is 232 g/mol. The highest BCUT2D eigenvalue weighted by Gasteiger charge is 2.04. The monoisotopic (exact) mass is 231 g/mol. The van der Waals surface area contributed by atoms with E-state index >= 15 is 0 Å². The molecule has 12 heavy (non-hydrogen) atoms. The molecule has 0 aromatic carbocycles. The van der Waals surface area contributed by atoms with Gasteiger partial charge in [0.2, 0.25) is 0 Å². The van der Waals surface area contributed by atoms with Crippen LogP contribution in [-0.4, -0.2) is 10.8 Å². The number of ketones is 1. The standard InChI is InChI=1S/C8H7BrFNO/c1-5(12)2-8-7(9)3-6(10)4-11-8/h3-4H,2H2,1H3. The largest absolute Gasteiger partial charge is 0.300 e. The van der Waals surface area contributed by atoms with Gasteiger partial charge in [0.1, 0.15) is 11.6 Å². The van der Waals surface area contributed by atoms with Gasteiger partial charge in [-0.3, -0.25) is 9.78 Å². The van der Waals surface area contributed by atoms with Crippen molar-refractivity contribution < 1.29 is 9.18 Å². The number of carbonyl (C=O) groups is 1. The van der Waals surface area contributed by atoms with Crippen LogP contribution in [-0.2, 0) is 11.2 Å². The second kappa shape index (κ2) is 3.76. The van der Waals surface area contributed by atoms with Crippen LogP contribution in [0.3, 0.4) is 0 Å². The summed E-state index contributed by atoms with van der Waals surface area (Å²) in [6, 6.07) is 1.30. The van der Waals surface area contributed by atoms with Crippen molar-refractivity contribution in [2.75, 3.05) is 0 Å². The van der Waals surface area contributed by atoms with Gasteiger partial charge in [0.25, 0.3) is 0 Å². The second-order valence-electron chi connectivity index (χ2n) is 2.46. The number of pyridine rings is 1. The molecule has 0 fully saturated rings. The Hall–Kier alpha value is -0.770. The second-order valence-corrected chi connectivity index (χ2v) is 3.32. The number of rotatable bonds is 2. The highest BCUT2D eigenvalue weighted by atomic mass is 79.9. The fourth-order valence-electron chi connectivity index (χ4n) is 0.809. The zero-order chi connectivity index (χ0) is 9.14. The van der Waals surface area contributed by atoms with E-state index in [9.17, 15) is 9.18 Å². The van der Waals surface area contributed by atoms with E-state index in [2.05, 4.69) is 20.9 Å². The van der Waals surface area contributed by atoms with Gasteiger partial charge < -0.3 is 0 Å². The maximum absolute atomic E-state index is 12.5. The summed E-state index contributed by atoms with van der Waals surface area (Å²) < 4.78 is 13.0. The summed E-state index contributed by atoms with van der Waals surface area (Å²) in [5.41, 5.74) is 0.573. The molecule has 0 saturated carbocycles. The van der Waals surface area contributed by atoms with E-state index in [0.29, 0.717) is 10.2 Å². The minimum Gasteiger partial charge on any atom is -0.300 e. The van der Waals surface area contributed by atoms with E-state index in [1.807, 2.05) is 0 Å². The molecule has 0 amide bonds. The first kappa shape index (κ1) is 9.32. The van der Waals surface area contributed by atoms with Crippen molar-refractivity contribution in [2.24, 2.45) is 0 Å². The topological polar surface area (TPSA) is 30.0 Å². The summed E-state index contributed by atoms with van der Waals surface area (Å²) in [4.78, 5) is 14.5. The summed E-state index contributed by atoms with van der Waals surface area (Å²) in [5.74, 6) is -0.399. The van der Waals surface area contributed by atoms with Crippen LogP contribution in [0.1, 0.15) is 12.6 Å². The number of nitrogens with zero attached hydrogens (tertiary/aromatic N) is 1. The van der Waals surface area contributed by atoms with Crippen LogP contribution in [0, 0.1) is 5.82 Å². The molecule has 0 unspecified atom stereocenters. The maximum atomic E-state index is 12.5. The van der Waals surface area contributed by atoms with Crippen LogP contribution in [0.25, 0.3) is 0 Å². The van der Waals surface area contributed by atoms with Crippen molar-refractivity contribution in [2.45, 2.75) is 13.3 Å². The molecule has 1 heterocycles. The molecule has 0 aliphatic rings. The number of hydrogen-bond acceptors (Lipinski definition) is 2. The number of carbonyl (C=O) groups excluding carboxylic acids is 1. The molecular formula is C8H7BrFNO. The van der Waals surface area contributed by atoms with E-state index in [4.69, 9.17) is 0 Å². The van der Waals surface area contributed by atoms with Crippen molar-refractivity contribution in [1.29, 1.82) is 0 Å². The van der Waals surface area contributed by atoms with Crippen molar-refractivity contribution in [3.8, 4) is 0 Å². The molecule has 0 spiro atoms. The van der Waals surface area contributed by atoms with Gasteiger partial charge >= 0.3 is 0 Å². The zero-order valence-electron chi connectivity index (χ0n) is 6.47. The molecular weight excluding hydrogens is 225 g/mol. The van der Waals surface area contributed by atoms with Crippen molar-refractivity contribution in [3.63, 3.8) is 0 Å². The Labute approximate surface area is 77.9 Å². The number of Topliss-reactive ketones (excluding diaryl/α,β-unsaturated/α-hetero) is 1. The smallest absolute Gasteiger partial charge is 0.142 e. The molecule has 0 aliphatic heterocycles. The molecule has 0 aliphatic carbocycles. The molecule has 1 aromatic heterocycles. The fourth-order valence-corrected chi connectivity index (χ4v) is 1.27. The lowest BCUT2D eigenvalue weighted by molar-refractivity contribution is -0.116. The summed E-state index contributed by atoms with van der Waals surface area (Å²) in [7, 11) is 0. The van der Waals surface area contributed by atoms with Crippen LogP contribution < -0.4 is 0 Å². The molecule has 1 rings (SSSR count). The van der Waals surface area contributed by atoms with Crippen LogP contribution >= 0.6 is 15.9 Å². The summed E-state index contributed by atoms with van der Waals surface area (Å²) in [5, 5.41) is 0. The Morgan fingerprint density at radius 2 is 2.42 bits per heavy atom. The first-order chi connectivity index (χ1) is 5.59. The van der Waals surface area contributed by atoms with Gasteiger partial charge in [-0.1, -0.05) is 0 Å². The Bertz CT molecular complexity index is 314. The van der Waals surface area contributed by atoms with Gasteiger partial charge in [-0.05, 0) is 28.9 Å². The van der Waals surface area contributed by atoms with Crippen LogP contribution in [0.5, 0.6) is 0 Å². The van der Waals surface area contributed by atoms with Gasteiger partial charge in [0.15, 0.2) is 0 Å². The molecule has 1 aromatic rings. The summed E-state index contributed by atoms with van der Waals surface area (Å²) in [6.45, 7) is 1.47. The van der Waals surface area contributed by atoms with E-state index in [0.717, 1.165) is 6.20 Å². The Balaban J connectivity index is 2.93. The first-order valence-corrected chi connectivity index (χ1v) is 4.18. The SMILES string of the molecule is CC(=O)Cc1ncc(F)cc1Br. The lowest BCUT2D eigenvalue weighted by Crippen LogP contribution is -2.00.